The SMILES string of the molecule is CC(C)CC(NC(=O)OC(Cc1ccccc1)c1ccccc1)C(=O)NC(C=O)C[C@@H]1CCNC1=O. The van der Waals surface area contributed by atoms with Crippen LogP contribution in [0.25, 0.3) is 0 Å². The van der Waals surface area contributed by atoms with E-state index >= 15 is 0 Å². The summed E-state index contributed by atoms with van der Waals surface area (Å²) in [6, 6.07) is 17.5. The van der Waals surface area contributed by atoms with Gasteiger partial charge in [0.25, 0.3) is 0 Å². The van der Waals surface area contributed by atoms with E-state index in [4.69, 9.17) is 4.74 Å². The number of ether oxygens (including phenoxy) is 1. The maximum absolute atomic E-state index is 13.0. The van der Waals surface area contributed by atoms with Crippen LogP contribution in [0.15, 0.2) is 60.7 Å². The quantitative estimate of drug-likeness (QED) is 0.393. The summed E-state index contributed by atoms with van der Waals surface area (Å²) >= 11 is 0. The topological polar surface area (TPSA) is 114 Å². The summed E-state index contributed by atoms with van der Waals surface area (Å²) in [6.45, 7) is 4.45. The Morgan fingerprint density at radius 3 is 2.31 bits per heavy atom. The fourth-order valence-electron chi connectivity index (χ4n) is 4.34. The van der Waals surface area contributed by atoms with Gasteiger partial charge in [0.1, 0.15) is 18.4 Å². The van der Waals surface area contributed by atoms with Crippen molar-refractivity contribution in [2.75, 3.05) is 6.54 Å². The van der Waals surface area contributed by atoms with E-state index < -0.39 is 30.2 Å². The standard InChI is InChI=1S/C28H35N3O5/c1-19(2)15-24(27(34)30-23(18-32)17-22-13-14-29-26(22)33)31-28(35)36-25(21-11-7-4-8-12-21)16-20-9-5-3-6-10-20/h3-12,18-19,22-25H,13-17H2,1-2H3,(H,29,33)(H,30,34)(H,31,35)/t22-,23?,24?,25?/m0/s1. The van der Waals surface area contributed by atoms with Crippen molar-refractivity contribution in [1.29, 1.82) is 0 Å². The maximum atomic E-state index is 13.0. The third kappa shape index (κ3) is 8.22. The number of aldehydes is 1. The number of amides is 3. The Morgan fingerprint density at radius 1 is 1.06 bits per heavy atom. The van der Waals surface area contributed by atoms with Gasteiger partial charge in [-0.15, -0.1) is 0 Å². The highest BCUT2D eigenvalue weighted by Crippen LogP contribution is 2.23. The summed E-state index contributed by atoms with van der Waals surface area (Å²) < 4.78 is 5.80. The van der Waals surface area contributed by atoms with E-state index in [1.165, 1.54) is 0 Å². The summed E-state index contributed by atoms with van der Waals surface area (Å²) in [7, 11) is 0. The van der Waals surface area contributed by atoms with Crippen LogP contribution < -0.4 is 16.0 Å². The molecule has 0 aromatic heterocycles. The summed E-state index contributed by atoms with van der Waals surface area (Å²) in [4.78, 5) is 49.5. The monoisotopic (exact) mass is 493 g/mol. The second-order valence-corrected chi connectivity index (χ2v) is 9.58. The first-order valence-corrected chi connectivity index (χ1v) is 12.4. The lowest BCUT2D eigenvalue weighted by Gasteiger charge is -2.24. The molecule has 8 heteroatoms. The molecular formula is C28H35N3O5. The van der Waals surface area contributed by atoms with Gasteiger partial charge < -0.3 is 25.5 Å². The van der Waals surface area contributed by atoms with Crippen molar-refractivity contribution in [3.63, 3.8) is 0 Å². The Balaban J connectivity index is 1.66. The number of hydrogen-bond acceptors (Lipinski definition) is 5. The minimum Gasteiger partial charge on any atom is -0.441 e. The smallest absolute Gasteiger partial charge is 0.408 e. The average molecular weight is 494 g/mol. The third-order valence-electron chi connectivity index (χ3n) is 6.19. The van der Waals surface area contributed by atoms with Crippen LogP contribution in [0.1, 0.15) is 50.3 Å². The van der Waals surface area contributed by atoms with Crippen LogP contribution in [0.5, 0.6) is 0 Å². The summed E-state index contributed by atoms with van der Waals surface area (Å²) in [5, 5.41) is 8.13. The van der Waals surface area contributed by atoms with E-state index in [1.807, 2.05) is 74.5 Å². The van der Waals surface area contributed by atoms with Crippen LogP contribution in [0.2, 0.25) is 0 Å². The molecule has 0 bridgehead atoms. The number of carbonyl (C=O) groups is 4. The lowest BCUT2D eigenvalue weighted by Crippen LogP contribution is -2.51. The van der Waals surface area contributed by atoms with Crippen LogP contribution >= 0.6 is 0 Å². The highest BCUT2D eigenvalue weighted by Gasteiger charge is 2.30. The van der Waals surface area contributed by atoms with Crippen molar-refractivity contribution in [2.24, 2.45) is 11.8 Å². The van der Waals surface area contributed by atoms with E-state index in [9.17, 15) is 19.2 Å². The Morgan fingerprint density at radius 2 is 1.72 bits per heavy atom. The molecule has 3 unspecified atom stereocenters. The predicted octanol–water partition coefficient (Wildman–Crippen LogP) is 3.32. The van der Waals surface area contributed by atoms with Gasteiger partial charge in [0, 0.05) is 18.9 Å². The van der Waals surface area contributed by atoms with Gasteiger partial charge >= 0.3 is 6.09 Å². The van der Waals surface area contributed by atoms with Gasteiger partial charge in [0.05, 0.1) is 6.04 Å². The van der Waals surface area contributed by atoms with E-state index in [1.54, 1.807) is 0 Å². The molecule has 1 fully saturated rings. The van der Waals surface area contributed by atoms with Crippen molar-refractivity contribution in [3.05, 3.63) is 71.8 Å². The summed E-state index contributed by atoms with van der Waals surface area (Å²) in [6.07, 6.45) is 1.09. The first kappa shape index (κ1) is 26.9. The first-order valence-electron chi connectivity index (χ1n) is 12.4. The molecule has 1 aliphatic heterocycles. The van der Waals surface area contributed by atoms with Gasteiger partial charge in [-0.25, -0.2) is 4.79 Å². The molecule has 3 amide bonds. The van der Waals surface area contributed by atoms with E-state index in [2.05, 4.69) is 16.0 Å². The highest BCUT2D eigenvalue weighted by molar-refractivity contribution is 5.88. The van der Waals surface area contributed by atoms with Gasteiger partial charge in [-0.1, -0.05) is 74.5 Å². The molecule has 1 saturated heterocycles. The van der Waals surface area contributed by atoms with Crippen molar-refractivity contribution in [2.45, 2.75) is 57.7 Å². The fourth-order valence-corrected chi connectivity index (χ4v) is 4.34. The van der Waals surface area contributed by atoms with Gasteiger partial charge in [0.2, 0.25) is 11.8 Å². The fraction of sp³-hybridized carbons (Fsp3) is 0.429. The Hall–Kier alpha value is -3.68. The lowest BCUT2D eigenvalue weighted by molar-refractivity contribution is -0.127. The minimum absolute atomic E-state index is 0.102. The van der Waals surface area contributed by atoms with Crippen LogP contribution in [0, 0.1) is 11.8 Å². The molecule has 2 aromatic carbocycles. The number of benzene rings is 2. The van der Waals surface area contributed by atoms with Crippen LogP contribution in [-0.2, 0) is 25.5 Å². The second-order valence-electron chi connectivity index (χ2n) is 9.58. The number of hydrogen-bond donors (Lipinski definition) is 3. The van der Waals surface area contributed by atoms with Gasteiger partial charge in [-0.05, 0) is 36.3 Å². The Labute approximate surface area is 212 Å². The molecule has 0 saturated carbocycles. The van der Waals surface area contributed by atoms with Gasteiger partial charge in [-0.2, -0.15) is 0 Å². The Kier molecular flexibility index (Phi) is 10.0. The highest BCUT2D eigenvalue weighted by atomic mass is 16.6. The number of rotatable bonds is 12. The average Bonchev–Trinajstić information content (AvgIpc) is 3.27. The first-order chi connectivity index (χ1) is 17.4. The molecule has 2 aromatic rings. The van der Waals surface area contributed by atoms with E-state index in [0.29, 0.717) is 32.1 Å². The maximum Gasteiger partial charge on any atom is 0.408 e. The largest absolute Gasteiger partial charge is 0.441 e. The van der Waals surface area contributed by atoms with Crippen LogP contribution in [0.4, 0.5) is 4.79 Å². The predicted molar refractivity (Wildman–Crippen MR) is 136 cm³/mol. The molecule has 192 valence electrons. The van der Waals surface area contributed by atoms with Crippen molar-refractivity contribution >= 4 is 24.2 Å². The summed E-state index contributed by atoms with van der Waals surface area (Å²) in [5.74, 6) is -0.797. The molecule has 4 atom stereocenters. The zero-order valence-corrected chi connectivity index (χ0v) is 20.8. The lowest BCUT2D eigenvalue weighted by atomic mass is 9.98. The van der Waals surface area contributed by atoms with Gasteiger partial charge in [-0.3, -0.25) is 9.59 Å². The molecular weight excluding hydrogens is 458 g/mol. The van der Waals surface area contributed by atoms with Crippen molar-refractivity contribution in [1.82, 2.24) is 16.0 Å². The molecule has 36 heavy (non-hydrogen) atoms. The minimum atomic E-state index is -0.884. The van der Waals surface area contributed by atoms with Crippen LogP contribution in [-0.4, -0.2) is 42.8 Å². The van der Waals surface area contributed by atoms with Crippen molar-refractivity contribution in [3.8, 4) is 0 Å². The zero-order valence-electron chi connectivity index (χ0n) is 20.8. The molecule has 8 nitrogen and oxygen atoms in total. The molecule has 3 rings (SSSR count). The molecule has 0 spiro atoms. The molecule has 3 N–H and O–H groups in total. The van der Waals surface area contributed by atoms with E-state index in [-0.39, 0.29) is 24.2 Å². The van der Waals surface area contributed by atoms with E-state index in [0.717, 1.165) is 11.1 Å². The number of nitrogens with one attached hydrogen (secondary N) is 3. The van der Waals surface area contributed by atoms with Crippen LogP contribution in [0.3, 0.4) is 0 Å². The molecule has 0 aliphatic carbocycles. The summed E-state index contributed by atoms with van der Waals surface area (Å²) in [5.41, 5.74) is 1.86. The third-order valence-corrected chi connectivity index (χ3v) is 6.19. The van der Waals surface area contributed by atoms with Crippen molar-refractivity contribution < 1.29 is 23.9 Å². The number of alkyl carbamates (subject to hydrolysis) is 1. The second kappa shape index (κ2) is 13.4. The molecule has 1 heterocycles. The zero-order chi connectivity index (χ0) is 25.9. The number of carbonyl (C=O) groups excluding carboxylic acids is 4. The molecule has 0 radical (unpaired) electrons. The normalized spacial score (nSPS) is 17.5. The Bertz CT molecular complexity index is 1010. The van der Waals surface area contributed by atoms with Gasteiger partial charge in [0.15, 0.2) is 0 Å². The molecule has 1 aliphatic rings.